The molecular weight excluding hydrogens is 448 g/mol. The van der Waals surface area contributed by atoms with Gasteiger partial charge in [0.2, 0.25) is 5.91 Å². The Kier molecular flexibility index (Phi) is 5.78. The maximum atomic E-state index is 11.7. The van der Waals surface area contributed by atoms with Gasteiger partial charge in [-0.05, 0) is 47.9 Å². The van der Waals surface area contributed by atoms with E-state index in [1.54, 1.807) is 6.07 Å². The molecular formula is C18H16N4O7S2. The smallest absolute Gasteiger partial charge is 0.295 e. The molecule has 162 valence electrons. The predicted octanol–water partition coefficient (Wildman–Crippen LogP) is 3.29. The minimum absolute atomic E-state index is 0.0141. The molecule has 0 aliphatic heterocycles. The second kappa shape index (κ2) is 8.03. The Morgan fingerprint density at radius 3 is 2.26 bits per heavy atom. The Balaban J connectivity index is 2.13. The molecule has 11 nitrogen and oxygen atoms in total. The van der Waals surface area contributed by atoms with Gasteiger partial charge in [-0.25, -0.2) is 0 Å². The summed E-state index contributed by atoms with van der Waals surface area (Å²) in [5.41, 5.74) is 6.91. The third-order valence-corrected chi connectivity index (χ3v) is 5.78. The number of nitrogens with zero attached hydrogens (tertiary/aromatic N) is 2. The molecule has 0 saturated carbocycles. The number of nitrogen functional groups attached to an aromatic ring is 1. The summed E-state index contributed by atoms with van der Waals surface area (Å²) in [6.07, 6.45) is 0. The monoisotopic (exact) mass is 464 g/mol. The molecule has 0 aromatic heterocycles. The van der Waals surface area contributed by atoms with Crippen molar-refractivity contribution in [3.8, 4) is 0 Å². The van der Waals surface area contributed by atoms with Gasteiger partial charge in [-0.1, -0.05) is 6.07 Å². The standard InChI is InChI=1S/C18H16N4O7S2/c1-10(23)20-17-8-12(19)2-5-16(17)22-21-13-3-4-15-11(6-13)7-14(30(24,25)26)9-18(15)31(27,28)29/h2-9H,19H2,1H3,(H,20,23)(H,24,25,26)(H,27,28,29). The van der Waals surface area contributed by atoms with Crippen LogP contribution in [0.2, 0.25) is 0 Å². The molecule has 31 heavy (non-hydrogen) atoms. The summed E-state index contributed by atoms with van der Waals surface area (Å²) in [7, 11) is -9.53. The molecule has 13 heteroatoms. The zero-order valence-corrected chi connectivity index (χ0v) is 17.5. The van der Waals surface area contributed by atoms with Crippen LogP contribution in [0.5, 0.6) is 0 Å². The summed E-state index contributed by atoms with van der Waals surface area (Å²) < 4.78 is 65.1. The van der Waals surface area contributed by atoms with Crippen molar-refractivity contribution in [1.29, 1.82) is 0 Å². The van der Waals surface area contributed by atoms with Crippen LogP contribution in [0.1, 0.15) is 6.92 Å². The van der Waals surface area contributed by atoms with Gasteiger partial charge in [-0.15, -0.1) is 5.11 Å². The van der Waals surface area contributed by atoms with Crippen molar-refractivity contribution < 1.29 is 30.7 Å². The van der Waals surface area contributed by atoms with Crippen LogP contribution in [0.3, 0.4) is 0 Å². The predicted molar refractivity (Wildman–Crippen MR) is 113 cm³/mol. The molecule has 0 unspecified atom stereocenters. The van der Waals surface area contributed by atoms with Gasteiger partial charge >= 0.3 is 0 Å². The normalized spacial score (nSPS) is 12.4. The second-order valence-electron chi connectivity index (χ2n) is 6.43. The van der Waals surface area contributed by atoms with Gasteiger partial charge in [0, 0.05) is 18.0 Å². The van der Waals surface area contributed by atoms with Crippen LogP contribution >= 0.6 is 0 Å². The second-order valence-corrected chi connectivity index (χ2v) is 9.25. The molecule has 5 N–H and O–H groups in total. The minimum atomic E-state index is -4.78. The molecule has 0 atom stereocenters. The molecule has 3 aromatic rings. The van der Waals surface area contributed by atoms with Crippen molar-refractivity contribution in [2.45, 2.75) is 16.7 Å². The minimum Gasteiger partial charge on any atom is -0.399 e. The van der Waals surface area contributed by atoms with Gasteiger partial charge < -0.3 is 11.1 Å². The van der Waals surface area contributed by atoms with E-state index in [2.05, 4.69) is 15.5 Å². The van der Waals surface area contributed by atoms with Gasteiger partial charge in [-0.3, -0.25) is 13.9 Å². The highest BCUT2D eigenvalue weighted by Gasteiger charge is 2.20. The van der Waals surface area contributed by atoms with Crippen LogP contribution < -0.4 is 11.1 Å². The van der Waals surface area contributed by atoms with Crippen molar-refractivity contribution in [3.63, 3.8) is 0 Å². The molecule has 0 bridgehead atoms. The molecule has 0 spiro atoms. The summed E-state index contributed by atoms with van der Waals surface area (Å²) in [6, 6.07) is 10.3. The maximum Gasteiger partial charge on any atom is 0.295 e. The number of anilines is 2. The average Bonchev–Trinajstić information content (AvgIpc) is 2.64. The fourth-order valence-electron chi connectivity index (χ4n) is 2.76. The first kappa shape index (κ1) is 22.3. The lowest BCUT2D eigenvalue weighted by molar-refractivity contribution is -0.114. The Morgan fingerprint density at radius 1 is 0.935 bits per heavy atom. The Labute approximate surface area is 177 Å². The van der Waals surface area contributed by atoms with Crippen LogP contribution in [-0.4, -0.2) is 31.8 Å². The van der Waals surface area contributed by atoms with Crippen molar-refractivity contribution in [2.24, 2.45) is 10.2 Å². The van der Waals surface area contributed by atoms with Gasteiger partial charge in [-0.2, -0.15) is 21.9 Å². The third-order valence-electron chi connectivity index (χ3n) is 4.05. The molecule has 1 amide bonds. The summed E-state index contributed by atoms with van der Waals surface area (Å²) in [5.74, 6) is -0.344. The Morgan fingerprint density at radius 2 is 1.65 bits per heavy atom. The van der Waals surface area contributed by atoms with E-state index in [1.807, 2.05) is 0 Å². The fraction of sp³-hybridized carbons (Fsp3) is 0.0556. The Hall–Kier alpha value is -3.39. The number of nitrogens with one attached hydrogen (secondary N) is 1. The topological polar surface area (TPSA) is 189 Å². The number of hydrogen-bond acceptors (Lipinski definition) is 8. The number of nitrogens with two attached hydrogens (primary N) is 1. The average molecular weight is 464 g/mol. The number of hydrogen-bond donors (Lipinski definition) is 4. The van der Waals surface area contributed by atoms with Crippen LogP contribution in [-0.2, 0) is 25.0 Å². The van der Waals surface area contributed by atoms with E-state index in [1.165, 1.54) is 37.3 Å². The van der Waals surface area contributed by atoms with Crippen molar-refractivity contribution in [3.05, 3.63) is 48.5 Å². The molecule has 0 fully saturated rings. The lowest BCUT2D eigenvalue weighted by Crippen LogP contribution is -2.06. The third kappa shape index (κ3) is 5.21. The molecule has 0 saturated heterocycles. The van der Waals surface area contributed by atoms with E-state index >= 15 is 0 Å². The van der Waals surface area contributed by atoms with Crippen LogP contribution in [0, 0.1) is 0 Å². The van der Waals surface area contributed by atoms with E-state index in [0.29, 0.717) is 17.4 Å². The number of carbonyl (C=O) groups is 1. The summed E-state index contributed by atoms with van der Waals surface area (Å²) in [6.45, 7) is 1.31. The summed E-state index contributed by atoms with van der Waals surface area (Å²) in [5, 5.41) is 10.7. The Bertz CT molecular complexity index is 1450. The summed E-state index contributed by atoms with van der Waals surface area (Å²) >= 11 is 0. The van der Waals surface area contributed by atoms with E-state index in [0.717, 1.165) is 6.07 Å². The molecule has 3 aromatic carbocycles. The highest BCUT2D eigenvalue weighted by Crippen LogP contribution is 2.32. The van der Waals surface area contributed by atoms with Crippen molar-refractivity contribution >= 4 is 59.7 Å². The van der Waals surface area contributed by atoms with Crippen LogP contribution in [0.15, 0.2) is 68.6 Å². The zero-order chi connectivity index (χ0) is 23.0. The van der Waals surface area contributed by atoms with E-state index < -0.39 is 30.0 Å². The maximum absolute atomic E-state index is 11.7. The quantitative estimate of drug-likeness (QED) is 0.251. The molecule has 0 aliphatic carbocycles. The SMILES string of the molecule is CC(=O)Nc1cc(N)ccc1N=Nc1ccc2c(S(=O)(=O)O)cc(S(=O)(=O)O)cc2c1. The van der Waals surface area contributed by atoms with Crippen LogP contribution in [0.25, 0.3) is 10.8 Å². The molecule has 0 heterocycles. The first-order valence-corrected chi connectivity index (χ1v) is 11.3. The van der Waals surface area contributed by atoms with Gasteiger partial charge in [0.1, 0.15) is 10.6 Å². The largest absolute Gasteiger partial charge is 0.399 e. The number of carbonyl (C=O) groups excluding carboxylic acids is 1. The number of azo groups is 1. The molecule has 0 aliphatic rings. The zero-order valence-electron chi connectivity index (χ0n) is 15.8. The first-order valence-electron chi connectivity index (χ1n) is 8.46. The highest BCUT2D eigenvalue weighted by atomic mass is 32.2. The van der Waals surface area contributed by atoms with Gasteiger partial charge in [0.25, 0.3) is 20.2 Å². The lowest BCUT2D eigenvalue weighted by Gasteiger charge is -2.08. The highest BCUT2D eigenvalue weighted by molar-refractivity contribution is 7.86. The number of rotatable bonds is 5. The first-order chi connectivity index (χ1) is 14.3. The summed E-state index contributed by atoms with van der Waals surface area (Å²) in [4.78, 5) is 9.96. The molecule has 3 rings (SSSR count). The van der Waals surface area contributed by atoms with Gasteiger partial charge in [0.05, 0.1) is 16.3 Å². The van der Waals surface area contributed by atoms with E-state index in [4.69, 9.17) is 5.73 Å². The fourth-order valence-corrected chi connectivity index (χ4v) is 4.12. The number of amides is 1. The van der Waals surface area contributed by atoms with Crippen molar-refractivity contribution in [2.75, 3.05) is 11.1 Å². The lowest BCUT2D eigenvalue weighted by atomic mass is 10.1. The van der Waals surface area contributed by atoms with Crippen LogP contribution in [0.4, 0.5) is 22.7 Å². The van der Waals surface area contributed by atoms with Crippen molar-refractivity contribution in [1.82, 2.24) is 0 Å². The molecule has 0 radical (unpaired) electrons. The van der Waals surface area contributed by atoms with E-state index in [9.17, 15) is 30.7 Å². The van der Waals surface area contributed by atoms with Gasteiger partial charge in [0.15, 0.2) is 0 Å². The van der Waals surface area contributed by atoms with E-state index in [-0.39, 0.29) is 28.1 Å². The number of fused-ring (bicyclic) bond motifs is 1. The number of benzene rings is 3.